The summed E-state index contributed by atoms with van der Waals surface area (Å²) >= 11 is 5.49. The summed E-state index contributed by atoms with van der Waals surface area (Å²) in [5.74, 6) is 0.431. The highest BCUT2D eigenvalue weighted by Crippen LogP contribution is 2.44. The van der Waals surface area contributed by atoms with Gasteiger partial charge in [0.05, 0.1) is 19.8 Å². The minimum absolute atomic E-state index is 0.0948. The van der Waals surface area contributed by atoms with Gasteiger partial charge in [-0.05, 0) is 30.2 Å². The van der Waals surface area contributed by atoms with Crippen molar-refractivity contribution >= 4 is 17.5 Å². The molecule has 2 N–H and O–H groups in total. The van der Waals surface area contributed by atoms with E-state index in [0.717, 1.165) is 11.1 Å². The minimum atomic E-state index is -1.65. The van der Waals surface area contributed by atoms with E-state index < -0.39 is 41.4 Å². The molecular formula is C34H34N2O8S. The standard InChI is InChI=1S/C34H34N2O8S/c1-3-27(37)34(22-40-20-24-13-7-4-8-14-24)29(41-21-25-15-9-5-10-16-25)28(43-33(45)42-26-17-11-6-12-18-26)31(44-34)36-19-23(2)30(38)35-32(36)39/h3-19,27-29,31,37H,1,20-22H2,2H3,(H,35,38,39)/t27-,28+,29-,31+,34-/m0/s1. The van der Waals surface area contributed by atoms with Crippen LogP contribution in [-0.4, -0.2) is 50.4 Å². The van der Waals surface area contributed by atoms with Gasteiger partial charge in [-0.15, -0.1) is 6.58 Å². The summed E-state index contributed by atoms with van der Waals surface area (Å²) in [5, 5.41) is 11.3. The highest BCUT2D eigenvalue weighted by Gasteiger charge is 2.62. The van der Waals surface area contributed by atoms with E-state index in [4.69, 9.17) is 35.9 Å². The molecule has 45 heavy (non-hydrogen) atoms. The van der Waals surface area contributed by atoms with Gasteiger partial charge in [0, 0.05) is 24.0 Å². The molecule has 1 saturated heterocycles. The molecule has 1 aliphatic heterocycles. The summed E-state index contributed by atoms with van der Waals surface area (Å²) in [4.78, 5) is 27.8. The monoisotopic (exact) mass is 630 g/mol. The molecule has 5 atom stereocenters. The van der Waals surface area contributed by atoms with Crippen LogP contribution in [0, 0.1) is 6.92 Å². The Balaban J connectivity index is 1.57. The molecule has 10 nitrogen and oxygen atoms in total. The van der Waals surface area contributed by atoms with Gasteiger partial charge in [-0.3, -0.25) is 14.3 Å². The molecule has 11 heteroatoms. The van der Waals surface area contributed by atoms with Crippen molar-refractivity contribution in [2.45, 2.75) is 50.3 Å². The number of nitrogens with one attached hydrogen (secondary N) is 1. The van der Waals surface area contributed by atoms with Crippen LogP contribution in [0.25, 0.3) is 0 Å². The lowest BCUT2D eigenvalue weighted by Crippen LogP contribution is -2.56. The Hall–Kier alpha value is -4.39. The second-order valence-corrected chi connectivity index (χ2v) is 10.9. The predicted molar refractivity (Wildman–Crippen MR) is 171 cm³/mol. The molecule has 234 valence electrons. The largest absolute Gasteiger partial charge is 0.446 e. The number of aliphatic hydroxyl groups excluding tert-OH is 1. The van der Waals surface area contributed by atoms with E-state index in [-0.39, 0.29) is 30.6 Å². The normalized spacial score (nSPS) is 21.6. The first-order chi connectivity index (χ1) is 21.8. The number of aromatic nitrogens is 2. The molecule has 0 spiro atoms. The van der Waals surface area contributed by atoms with Crippen LogP contribution in [0.1, 0.15) is 22.9 Å². The second kappa shape index (κ2) is 14.6. The molecule has 1 fully saturated rings. The van der Waals surface area contributed by atoms with Gasteiger partial charge in [-0.2, -0.15) is 0 Å². The topological polar surface area (TPSA) is 121 Å². The molecule has 0 radical (unpaired) electrons. The number of hydrogen-bond acceptors (Lipinski definition) is 9. The Labute approximate surface area is 265 Å². The number of ether oxygens (including phenoxy) is 5. The highest BCUT2D eigenvalue weighted by atomic mass is 32.1. The van der Waals surface area contributed by atoms with Crippen LogP contribution in [0.4, 0.5) is 0 Å². The van der Waals surface area contributed by atoms with Gasteiger partial charge in [-0.25, -0.2) is 4.79 Å². The molecule has 0 aliphatic carbocycles. The van der Waals surface area contributed by atoms with Gasteiger partial charge in [0.25, 0.3) is 5.56 Å². The number of hydrogen-bond donors (Lipinski definition) is 2. The predicted octanol–water partition coefficient (Wildman–Crippen LogP) is 4.21. The maximum Gasteiger partial charge on any atom is 0.358 e. The number of aliphatic hydroxyl groups is 1. The number of para-hydroxylation sites is 1. The molecule has 0 bridgehead atoms. The zero-order valence-corrected chi connectivity index (χ0v) is 25.4. The van der Waals surface area contributed by atoms with Crippen molar-refractivity contribution in [1.29, 1.82) is 0 Å². The first-order valence-electron chi connectivity index (χ1n) is 14.3. The number of benzene rings is 3. The van der Waals surface area contributed by atoms with Crippen molar-refractivity contribution in [3.8, 4) is 5.75 Å². The van der Waals surface area contributed by atoms with E-state index in [9.17, 15) is 14.7 Å². The average molecular weight is 631 g/mol. The lowest BCUT2D eigenvalue weighted by atomic mass is 9.89. The number of thiocarbonyl (C=S) groups is 1. The third-order valence-corrected chi connectivity index (χ3v) is 7.61. The zero-order chi connectivity index (χ0) is 31.8. The number of rotatable bonds is 12. The van der Waals surface area contributed by atoms with Crippen LogP contribution in [0.15, 0.2) is 119 Å². The third-order valence-electron chi connectivity index (χ3n) is 7.43. The maximum absolute atomic E-state index is 13.2. The Bertz CT molecular complexity index is 1700. The fraction of sp³-hybridized carbons (Fsp3) is 0.265. The van der Waals surface area contributed by atoms with Gasteiger partial charge in [0.1, 0.15) is 18.0 Å². The zero-order valence-electron chi connectivity index (χ0n) is 24.6. The molecule has 0 amide bonds. The summed E-state index contributed by atoms with van der Waals surface area (Å²) in [5.41, 5.74) is -0.956. The number of aromatic amines is 1. The summed E-state index contributed by atoms with van der Waals surface area (Å²) in [6.45, 7) is 5.47. The molecule has 1 aromatic heterocycles. The number of aryl methyl sites for hydroxylation is 1. The Morgan fingerprint density at radius 2 is 1.62 bits per heavy atom. The second-order valence-electron chi connectivity index (χ2n) is 10.6. The summed E-state index contributed by atoms with van der Waals surface area (Å²) < 4.78 is 32.4. The first kappa shape index (κ1) is 32.0. The van der Waals surface area contributed by atoms with E-state index in [2.05, 4.69) is 11.6 Å². The van der Waals surface area contributed by atoms with E-state index in [1.807, 2.05) is 66.7 Å². The van der Waals surface area contributed by atoms with E-state index in [1.165, 1.54) is 16.8 Å². The Kier molecular flexibility index (Phi) is 10.4. The smallest absolute Gasteiger partial charge is 0.358 e. The number of H-pyrrole nitrogens is 1. The Morgan fingerprint density at radius 3 is 2.24 bits per heavy atom. The highest BCUT2D eigenvalue weighted by molar-refractivity contribution is 7.79. The van der Waals surface area contributed by atoms with Gasteiger partial charge < -0.3 is 28.8 Å². The number of nitrogens with zero attached hydrogens (tertiary/aromatic N) is 1. The first-order valence-corrected chi connectivity index (χ1v) is 14.7. The Morgan fingerprint density at radius 1 is 1.02 bits per heavy atom. The van der Waals surface area contributed by atoms with Crippen LogP contribution in [0.3, 0.4) is 0 Å². The van der Waals surface area contributed by atoms with E-state index >= 15 is 0 Å². The minimum Gasteiger partial charge on any atom is -0.446 e. The lowest BCUT2D eigenvalue weighted by molar-refractivity contribution is -0.193. The van der Waals surface area contributed by atoms with Crippen molar-refractivity contribution < 1.29 is 28.8 Å². The average Bonchev–Trinajstić information content (AvgIpc) is 3.35. The quantitative estimate of drug-likeness (QED) is 0.175. The van der Waals surface area contributed by atoms with Gasteiger partial charge in [0.15, 0.2) is 17.9 Å². The fourth-order valence-corrected chi connectivity index (χ4v) is 5.36. The molecule has 2 heterocycles. The van der Waals surface area contributed by atoms with Crippen LogP contribution in [0.2, 0.25) is 0 Å². The molecule has 0 unspecified atom stereocenters. The van der Waals surface area contributed by atoms with Gasteiger partial charge in [0.2, 0.25) is 0 Å². The fourth-order valence-electron chi connectivity index (χ4n) is 5.15. The van der Waals surface area contributed by atoms with Crippen LogP contribution in [0.5, 0.6) is 5.75 Å². The van der Waals surface area contributed by atoms with Crippen molar-refractivity contribution in [3.05, 3.63) is 147 Å². The van der Waals surface area contributed by atoms with Crippen LogP contribution < -0.4 is 16.0 Å². The molecule has 4 aromatic rings. The molecule has 3 aromatic carbocycles. The molecule has 0 saturated carbocycles. The van der Waals surface area contributed by atoms with Crippen molar-refractivity contribution in [3.63, 3.8) is 0 Å². The molecular weight excluding hydrogens is 596 g/mol. The third kappa shape index (κ3) is 7.47. The maximum atomic E-state index is 13.2. The summed E-state index contributed by atoms with van der Waals surface area (Å²) in [6.07, 6.45) is -2.19. The molecule has 5 rings (SSSR count). The van der Waals surface area contributed by atoms with Crippen molar-refractivity contribution in [2.75, 3.05) is 6.61 Å². The van der Waals surface area contributed by atoms with E-state index in [1.54, 1.807) is 31.2 Å². The molecule has 1 aliphatic rings. The van der Waals surface area contributed by atoms with Crippen molar-refractivity contribution in [2.24, 2.45) is 0 Å². The van der Waals surface area contributed by atoms with E-state index in [0.29, 0.717) is 5.75 Å². The lowest BCUT2D eigenvalue weighted by Gasteiger charge is -2.37. The van der Waals surface area contributed by atoms with Crippen molar-refractivity contribution in [1.82, 2.24) is 9.55 Å². The summed E-state index contributed by atoms with van der Waals surface area (Å²) in [6, 6.07) is 27.7. The van der Waals surface area contributed by atoms with Gasteiger partial charge in [-0.1, -0.05) is 84.9 Å². The van der Waals surface area contributed by atoms with Crippen LogP contribution >= 0.6 is 12.2 Å². The summed E-state index contributed by atoms with van der Waals surface area (Å²) in [7, 11) is 0. The SMILES string of the molecule is C=C[C@H](O)[C@]1(COCc2ccccc2)O[C@@H](n2cc(C)c(=O)[nH]c2=O)[C@H](OC(=S)Oc2ccccc2)[C@@H]1OCc1ccccc1. The van der Waals surface area contributed by atoms with Crippen LogP contribution in [-0.2, 0) is 32.2 Å². The van der Waals surface area contributed by atoms with Gasteiger partial charge >= 0.3 is 10.9 Å².